The predicted molar refractivity (Wildman–Crippen MR) is 76.9 cm³/mol. The van der Waals surface area contributed by atoms with E-state index in [-0.39, 0.29) is 6.42 Å². The Balaban J connectivity index is 2.19. The van der Waals surface area contributed by atoms with Crippen LogP contribution in [0.3, 0.4) is 0 Å². The second-order valence-corrected chi connectivity index (χ2v) is 6.58. The summed E-state index contributed by atoms with van der Waals surface area (Å²) in [6, 6.07) is 3.38. The molecule has 0 atom stereocenters. The molecule has 0 radical (unpaired) electrons. The Morgan fingerprint density at radius 2 is 1.95 bits per heavy atom. The molecule has 1 N–H and O–H groups in total. The highest BCUT2D eigenvalue weighted by molar-refractivity contribution is 5.75. The van der Waals surface area contributed by atoms with Crippen molar-refractivity contribution in [2.24, 2.45) is 17.3 Å². The molecule has 2 rings (SSSR count). The van der Waals surface area contributed by atoms with E-state index in [9.17, 15) is 18.7 Å². The van der Waals surface area contributed by atoms with E-state index in [4.69, 9.17) is 0 Å². The molecule has 4 heteroatoms. The van der Waals surface area contributed by atoms with E-state index in [1.165, 1.54) is 12.1 Å². The Morgan fingerprint density at radius 3 is 2.43 bits per heavy atom. The molecule has 1 fully saturated rings. The molecule has 0 aliphatic heterocycles. The monoisotopic (exact) mass is 296 g/mol. The fourth-order valence-electron chi connectivity index (χ4n) is 3.36. The molecule has 0 spiro atoms. The van der Waals surface area contributed by atoms with Crippen LogP contribution in [0.15, 0.2) is 18.2 Å². The maximum Gasteiger partial charge on any atom is 0.309 e. The summed E-state index contributed by atoms with van der Waals surface area (Å²) in [5.41, 5.74) is -0.619. The summed E-state index contributed by atoms with van der Waals surface area (Å²) in [5, 5.41) is 9.62. The Labute approximate surface area is 124 Å². The molecule has 116 valence electrons. The average Bonchev–Trinajstić information content (AvgIpc) is 2.42. The zero-order valence-corrected chi connectivity index (χ0v) is 12.5. The number of carboxylic acid groups (broad SMARTS) is 1. The smallest absolute Gasteiger partial charge is 0.309 e. The first-order valence-electron chi connectivity index (χ1n) is 7.51. The molecule has 21 heavy (non-hydrogen) atoms. The van der Waals surface area contributed by atoms with Crippen molar-refractivity contribution in [3.63, 3.8) is 0 Å². The molecule has 1 saturated carbocycles. The Hall–Kier alpha value is -1.45. The van der Waals surface area contributed by atoms with Gasteiger partial charge in [0.1, 0.15) is 11.6 Å². The van der Waals surface area contributed by atoms with Crippen LogP contribution in [-0.4, -0.2) is 11.1 Å². The number of halogens is 2. The van der Waals surface area contributed by atoms with Crippen molar-refractivity contribution in [2.45, 2.75) is 46.0 Å². The lowest BCUT2D eigenvalue weighted by Gasteiger charge is -2.38. The van der Waals surface area contributed by atoms with Crippen LogP contribution in [0.5, 0.6) is 0 Å². The fourth-order valence-corrected chi connectivity index (χ4v) is 3.36. The van der Waals surface area contributed by atoms with Gasteiger partial charge in [0.2, 0.25) is 0 Å². The third kappa shape index (κ3) is 3.42. The van der Waals surface area contributed by atoms with Gasteiger partial charge >= 0.3 is 5.97 Å². The maximum absolute atomic E-state index is 13.8. The first kappa shape index (κ1) is 15.9. The first-order chi connectivity index (χ1) is 9.84. The van der Waals surface area contributed by atoms with Crippen LogP contribution in [0.4, 0.5) is 8.78 Å². The lowest BCUT2D eigenvalue weighted by Crippen LogP contribution is -2.38. The summed E-state index contributed by atoms with van der Waals surface area (Å²) in [4.78, 5) is 11.7. The summed E-state index contributed by atoms with van der Waals surface area (Å²) in [6.45, 7) is 4.30. The minimum absolute atomic E-state index is 0.138. The van der Waals surface area contributed by atoms with Crippen LogP contribution < -0.4 is 0 Å². The molecule has 2 nitrogen and oxygen atoms in total. The normalized spacial score (nSPS) is 26.0. The maximum atomic E-state index is 13.8. The van der Waals surface area contributed by atoms with Crippen LogP contribution in [0.2, 0.25) is 0 Å². The quantitative estimate of drug-likeness (QED) is 0.892. The molecule has 0 amide bonds. The van der Waals surface area contributed by atoms with Crippen LogP contribution in [-0.2, 0) is 11.2 Å². The van der Waals surface area contributed by atoms with Gasteiger partial charge in [0.25, 0.3) is 0 Å². The van der Waals surface area contributed by atoms with Gasteiger partial charge in [-0.05, 0) is 55.6 Å². The van der Waals surface area contributed by atoms with E-state index in [2.05, 4.69) is 13.8 Å². The number of aliphatic carboxylic acids is 1. The summed E-state index contributed by atoms with van der Waals surface area (Å²) >= 11 is 0. The number of rotatable bonds is 4. The molecule has 0 heterocycles. The van der Waals surface area contributed by atoms with Gasteiger partial charge in [0, 0.05) is 6.07 Å². The van der Waals surface area contributed by atoms with Crippen LogP contribution in [0.1, 0.15) is 45.1 Å². The minimum atomic E-state index is -0.913. The molecule has 0 bridgehead atoms. The van der Waals surface area contributed by atoms with E-state index >= 15 is 0 Å². The van der Waals surface area contributed by atoms with Crippen molar-refractivity contribution in [2.75, 3.05) is 0 Å². The van der Waals surface area contributed by atoms with Gasteiger partial charge in [-0.3, -0.25) is 4.79 Å². The van der Waals surface area contributed by atoms with Crippen molar-refractivity contribution in [3.05, 3.63) is 35.4 Å². The molecule has 1 aliphatic carbocycles. The lowest BCUT2D eigenvalue weighted by atomic mass is 9.65. The van der Waals surface area contributed by atoms with Gasteiger partial charge in [0.05, 0.1) is 5.41 Å². The largest absolute Gasteiger partial charge is 0.481 e. The van der Waals surface area contributed by atoms with Crippen molar-refractivity contribution >= 4 is 5.97 Å². The lowest BCUT2D eigenvalue weighted by molar-refractivity contribution is -0.152. The van der Waals surface area contributed by atoms with E-state index in [1.54, 1.807) is 0 Å². The molecule has 1 aromatic carbocycles. The minimum Gasteiger partial charge on any atom is -0.481 e. The highest BCUT2D eigenvalue weighted by Gasteiger charge is 2.42. The number of hydrogen-bond donors (Lipinski definition) is 1. The zero-order chi connectivity index (χ0) is 15.6. The van der Waals surface area contributed by atoms with Crippen LogP contribution >= 0.6 is 0 Å². The molecule has 0 aromatic heterocycles. The second-order valence-electron chi connectivity index (χ2n) is 6.58. The summed E-state index contributed by atoms with van der Waals surface area (Å²) in [6.07, 6.45) is 2.96. The molecular formula is C17H22F2O2. The predicted octanol–water partition coefficient (Wildman–Crippen LogP) is 4.42. The molecular weight excluding hydrogens is 274 g/mol. The standard InChI is InChI=1S/C17H22F2O2/c1-11(2)12-5-7-17(8-6-12,16(20)21)10-13-3-4-14(18)9-15(13)19/h3-4,9,11-12H,5-8,10H2,1-2H3,(H,20,21). The molecule has 0 saturated heterocycles. The third-order valence-corrected chi connectivity index (χ3v) is 4.93. The number of benzene rings is 1. The van der Waals surface area contributed by atoms with E-state index in [0.717, 1.165) is 18.9 Å². The van der Waals surface area contributed by atoms with Gasteiger partial charge in [-0.15, -0.1) is 0 Å². The summed E-state index contributed by atoms with van der Waals surface area (Å²) in [5.74, 6) is -1.07. The van der Waals surface area contributed by atoms with Gasteiger partial charge in [-0.1, -0.05) is 19.9 Å². The molecule has 1 aliphatic rings. The van der Waals surface area contributed by atoms with Crippen LogP contribution in [0, 0.1) is 28.9 Å². The topological polar surface area (TPSA) is 37.3 Å². The third-order valence-electron chi connectivity index (χ3n) is 4.93. The van der Waals surface area contributed by atoms with Crippen LogP contribution in [0.25, 0.3) is 0 Å². The van der Waals surface area contributed by atoms with E-state index in [1.807, 2.05) is 0 Å². The number of hydrogen-bond acceptors (Lipinski definition) is 1. The van der Waals surface area contributed by atoms with Gasteiger partial charge in [-0.25, -0.2) is 8.78 Å². The average molecular weight is 296 g/mol. The highest BCUT2D eigenvalue weighted by atomic mass is 19.1. The number of carboxylic acids is 1. The fraction of sp³-hybridized carbons (Fsp3) is 0.588. The molecule has 0 unspecified atom stereocenters. The van der Waals surface area contributed by atoms with E-state index in [0.29, 0.717) is 30.2 Å². The summed E-state index contributed by atoms with van der Waals surface area (Å²) < 4.78 is 26.8. The van der Waals surface area contributed by atoms with Gasteiger partial charge in [0.15, 0.2) is 0 Å². The Morgan fingerprint density at radius 1 is 1.33 bits per heavy atom. The van der Waals surface area contributed by atoms with Crippen molar-refractivity contribution in [1.29, 1.82) is 0 Å². The first-order valence-corrected chi connectivity index (χ1v) is 7.51. The van der Waals surface area contributed by atoms with E-state index < -0.39 is 23.0 Å². The van der Waals surface area contributed by atoms with Gasteiger partial charge in [-0.2, -0.15) is 0 Å². The van der Waals surface area contributed by atoms with Crippen molar-refractivity contribution in [3.8, 4) is 0 Å². The molecule has 1 aromatic rings. The Bertz CT molecular complexity index is 518. The van der Waals surface area contributed by atoms with Crippen molar-refractivity contribution in [1.82, 2.24) is 0 Å². The number of carbonyl (C=O) groups is 1. The van der Waals surface area contributed by atoms with Gasteiger partial charge < -0.3 is 5.11 Å². The highest BCUT2D eigenvalue weighted by Crippen LogP contribution is 2.44. The zero-order valence-electron chi connectivity index (χ0n) is 12.5. The SMILES string of the molecule is CC(C)C1CCC(Cc2ccc(F)cc2F)(C(=O)O)CC1. The Kier molecular flexibility index (Phi) is 4.64. The van der Waals surface area contributed by atoms with Crippen molar-refractivity contribution < 1.29 is 18.7 Å². The second kappa shape index (κ2) is 6.12. The summed E-state index contributed by atoms with van der Waals surface area (Å²) in [7, 11) is 0.